The Bertz CT molecular complexity index is 521. The Morgan fingerprint density at radius 3 is 2.90 bits per heavy atom. The molecule has 0 aliphatic carbocycles. The fourth-order valence-corrected chi connectivity index (χ4v) is 2.18. The Morgan fingerprint density at radius 2 is 2.25 bits per heavy atom. The highest BCUT2D eigenvalue weighted by molar-refractivity contribution is 5.38. The SMILES string of the molecule is CCCOc1ccc(CC(C)N)cc1Cn1ccnc1. The molecule has 1 heterocycles. The molecule has 2 aromatic rings. The first-order chi connectivity index (χ1) is 9.69. The van der Waals surface area contributed by atoms with Crippen LogP contribution in [0.1, 0.15) is 31.4 Å². The van der Waals surface area contributed by atoms with E-state index >= 15 is 0 Å². The van der Waals surface area contributed by atoms with Gasteiger partial charge >= 0.3 is 0 Å². The highest BCUT2D eigenvalue weighted by atomic mass is 16.5. The van der Waals surface area contributed by atoms with Crippen molar-refractivity contribution in [1.29, 1.82) is 0 Å². The van der Waals surface area contributed by atoms with Gasteiger partial charge in [-0.25, -0.2) is 4.98 Å². The van der Waals surface area contributed by atoms with Gasteiger partial charge in [0, 0.05) is 24.0 Å². The van der Waals surface area contributed by atoms with Crippen LogP contribution in [0, 0.1) is 0 Å². The van der Waals surface area contributed by atoms with Crippen LogP contribution in [0.2, 0.25) is 0 Å². The third-order valence-electron chi connectivity index (χ3n) is 3.06. The minimum Gasteiger partial charge on any atom is -0.493 e. The normalized spacial score (nSPS) is 12.3. The fraction of sp³-hybridized carbons (Fsp3) is 0.438. The molecule has 2 N–H and O–H groups in total. The maximum atomic E-state index is 5.88. The molecular formula is C16H23N3O. The topological polar surface area (TPSA) is 53.1 Å². The summed E-state index contributed by atoms with van der Waals surface area (Å²) in [7, 11) is 0. The predicted molar refractivity (Wildman–Crippen MR) is 80.9 cm³/mol. The van der Waals surface area contributed by atoms with Crippen molar-refractivity contribution in [1.82, 2.24) is 9.55 Å². The summed E-state index contributed by atoms with van der Waals surface area (Å²) in [5, 5.41) is 0. The fourth-order valence-electron chi connectivity index (χ4n) is 2.18. The minimum absolute atomic E-state index is 0.165. The molecule has 1 atom stereocenters. The van der Waals surface area contributed by atoms with E-state index in [9.17, 15) is 0 Å². The summed E-state index contributed by atoms with van der Waals surface area (Å²) in [4.78, 5) is 4.08. The van der Waals surface area contributed by atoms with Gasteiger partial charge in [-0.3, -0.25) is 0 Å². The maximum Gasteiger partial charge on any atom is 0.124 e. The first-order valence-corrected chi connectivity index (χ1v) is 7.15. The second-order valence-corrected chi connectivity index (χ2v) is 5.21. The summed E-state index contributed by atoms with van der Waals surface area (Å²) in [6.07, 6.45) is 7.46. The maximum absolute atomic E-state index is 5.88. The Kier molecular flexibility index (Phi) is 5.18. The highest BCUT2D eigenvalue weighted by Crippen LogP contribution is 2.22. The summed E-state index contributed by atoms with van der Waals surface area (Å²) in [6.45, 7) is 5.65. The number of nitrogens with two attached hydrogens (primary N) is 1. The number of rotatable bonds is 7. The molecule has 108 valence electrons. The standard InChI is InChI=1S/C16H23N3O/c1-3-8-20-16-5-4-14(9-13(2)17)10-15(16)11-19-7-6-18-12-19/h4-7,10,12-13H,3,8-9,11,17H2,1-2H3. The number of hydrogen-bond donors (Lipinski definition) is 1. The number of benzene rings is 1. The lowest BCUT2D eigenvalue weighted by Crippen LogP contribution is -2.18. The molecule has 0 bridgehead atoms. The molecular weight excluding hydrogens is 250 g/mol. The molecule has 1 unspecified atom stereocenters. The van der Waals surface area contributed by atoms with Gasteiger partial charge in [0.1, 0.15) is 5.75 Å². The smallest absolute Gasteiger partial charge is 0.124 e. The van der Waals surface area contributed by atoms with Crippen molar-refractivity contribution in [2.24, 2.45) is 5.73 Å². The zero-order chi connectivity index (χ0) is 14.4. The quantitative estimate of drug-likeness (QED) is 0.843. The van der Waals surface area contributed by atoms with E-state index in [0.717, 1.165) is 31.7 Å². The van der Waals surface area contributed by atoms with E-state index in [-0.39, 0.29) is 6.04 Å². The second kappa shape index (κ2) is 7.10. The van der Waals surface area contributed by atoms with Crippen molar-refractivity contribution in [2.45, 2.75) is 39.3 Å². The predicted octanol–water partition coefficient (Wildman–Crippen LogP) is 2.61. The second-order valence-electron chi connectivity index (χ2n) is 5.21. The van der Waals surface area contributed by atoms with E-state index in [1.807, 2.05) is 24.0 Å². The van der Waals surface area contributed by atoms with E-state index in [2.05, 4.69) is 30.1 Å². The summed E-state index contributed by atoms with van der Waals surface area (Å²) in [5.74, 6) is 0.953. The van der Waals surface area contributed by atoms with E-state index in [0.29, 0.717) is 0 Å². The first-order valence-electron chi connectivity index (χ1n) is 7.15. The van der Waals surface area contributed by atoms with E-state index in [1.54, 1.807) is 6.20 Å². The highest BCUT2D eigenvalue weighted by Gasteiger charge is 2.07. The largest absolute Gasteiger partial charge is 0.493 e. The number of imidazole rings is 1. The molecule has 0 spiro atoms. The van der Waals surface area contributed by atoms with Gasteiger partial charge in [-0.15, -0.1) is 0 Å². The lowest BCUT2D eigenvalue weighted by atomic mass is 10.0. The Morgan fingerprint density at radius 1 is 1.40 bits per heavy atom. The van der Waals surface area contributed by atoms with E-state index in [1.165, 1.54) is 11.1 Å². The van der Waals surface area contributed by atoms with Crippen LogP contribution < -0.4 is 10.5 Å². The van der Waals surface area contributed by atoms with Gasteiger partial charge in [0.15, 0.2) is 0 Å². The lowest BCUT2D eigenvalue weighted by molar-refractivity contribution is 0.313. The molecule has 0 saturated carbocycles. The van der Waals surface area contributed by atoms with Crippen LogP contribution in [-0.4, -0.2) is 22.2 Å². The number of nitrogens with zero attached hydrogens (tertiary/aromatic N) is 2. The molecule has 0 aliphatic rings. The third kappa shape index (κ3) is 4.10. The zero-order valence-electron chi connectivity index (χ0n) is 12.2. The van der Waals surface area contributed by atoms with E-state index in [4.69, 9.17) is 10.5 Å². The summed E-state index contributed by atoms with van der Waals surface area (Å²) in [5.41, 5.74) is 8.31. The van der Waals surface area contributed by atoms with Crippen LogP contribution in [0.15, 0.2) is 36.9 Å². The number of hydrogen-bond acceptors (Lipinski definition) is 3. The van der Waals surface area contributed by atoms with Crippen LogP contribution in [-0.2, 0) is 13.0 Å². The Balaban J connectivity index is 2.22. The van der Waals surface area contributed by atoms with Crippen LogP contribution in [0.25, 0.3) is 0 Å². The lowest BCUT2D eigenvalue weighted by Gasteiger charge is -2.14. The third-order valence-corrected chi connectivity index (χ3v) is 3.06. The van der Waals surface area contributed by atoms with Crippen molar-refractivity contribution in [3.63, 3.8) is 0 Å². The molecule has 1 aromatic heterocycles. The first kappa shape index (κ1) is 14.6. The van der Waals surface area contributed by atoms with Crippen molar-refractivity contribution in [3.8, 4) is 5.75 Å². The van der Waals surface area contributed by atoms with Crippen molar-refractivity contribution in [3.05, 3.63) is 48.0 Å². The average Bonchev–Trinajstić information content (AvgIpc) is 2.90. The van der Waals surface area contributed by atoms with Crippen molar-refractivity contribution < 1.29 is 4.74 Å². The van der Waals surface area contributed by atoms with Gasteiger partial charge in [0.2, 0.25) is 0 Å². The van der Waals surface area contributed by atoms with Gasteiger partial charge in [0.05, 0.1) is 19.5 Å². The zero-order valence-corrected chi connectivity index (χ0v) is 12.2. The van der Waals surface area contributed by atoms with Gasteiger partial charge in [-0.1, -0.05) is 19.1 Å². The minimum atomic E-state index is 0.165. The van der Waals surface area contributed by atoms with Crippen LogP contribution in [0.5, 0.6) is 5.75 Å². The molecule has 2 rings (SSSR count). The summed E-state index contributed by atoms with van der Waals surface area (Å²) < 4.78 is 7.88. The van der Waals surface area contributed by atoms with Crippen LogP contribution in [0.4, 0.5) is 0 Å². The molecule has 20 heavy (non-hydrogen) atoms. The Hall–Kier alpha value is -1.81. The van der Waals surface area contributed by atoms with Gasteiger partial charge < -0.3 is 15.0 Å². The molecule has 0 radical (unpaired) electrons. The molecule has 0 saturated heterocycles. The van der Waals surface area contributed by atoms with E-state index < -0.39 is 0 Å². The number of aromatic nitrogens is 2. The van der Waals surface area contributed by atoms with Crippen molar-refractivity contribution in [2.75, 3.05) is 6.61 Å². The molecule has 0 fully saturated rings. The van der Waals surface area contributed by atoms with Gasteiger partial charge in [0.25, 0.3) is 0 Å². The summed E-state index contributed by atoms with van der Waals surface area (Å²) in [6, 6.07) is 6.51. The van der Waals surface area contributed by atoms with Crippen molar-refractivity contribution >= 4 is 0 Å². The Labute approximate surface area is 120 Å². The molecule has 0 amide bonds. The van der Waals surface area contributed by atoms with Crippen LogP contribution >= 0.6 is 0 Å². The molecule has 4 nitrogen and oxygen atoms in total. The van der Waals surface area contributed by atoms with Gasteiger partial charge in [-0.05, 0) is 31.4 Å². The van der Waals surface area contributed by atoms with Crippen LogP contribution in [0.3, 0.4) is 0 Å². The monoisotopic (exact) mass is 273 g/mol. The molecule has 1 aromatic carbocycles. The summed E-state index contributed by atoms with van der Waals surface area (Å²) >= 11 is 0. The molecule has 0 aliphatic heterocycles. The number of ether oxygens (including phenoxy) is 1. The van der Waals surface area contributed by atoms with Gasteiger partial charge in [-0.2, -0.15) is 0 Å². The molecule has 4 heteroatoms. The average molecular weight is 273 g/mol.